The van der Waals surface area contributed by atoms with Gasteiger partial charge in [0.2, 0.25) is 20.8 Å². The zero-order valence-corrected chi connectivity index (χ0v) is 41.1. The molecule has 3 saturated carbocycles. The summed E-state index contributed by atoms with van der Waals surface area (Å²) in [5.41, 5.74) is 1.51. The molecule has 3 heterocycles. The molecule has 366 valence electrons. The number of ether oxygens (including phenoxy) is 3. The van der Waals surface area contributed by atoms with E-state index in [1.165, 1.54) is 96.3 Å². The molecule has 1 N–H and O–H groups in total. The number of likely N-dealkylation sites (N-methyl/N-ethyl adjacent to an activating group) is 2. The van der Waals surface area contributed by atoms with Crippen molar-refractivity contribution in [2.45, 2.75) is 154 Å². The maximum Gasteiger partial charge on any atom is 0.333 e. The number of esters is 3. The summed E-state index contributed by atoms with van der Waals surface area (Å²) < 4.78 is 80.3. The molecule has 0 aromatic rings. The average molecular weight is 959 g/mol. The minimum absolute atomic E-state index is 0. The van der Waals surface area contributed by atoms with Crippen molar-refractivity contribution in [1.29, 1.82) is 0 Å². The van der Waals surface area contributed by atoms with Crippen LogP contribution >= 0.6 is 0 Å². The summed E-state index contributed by atoms with van der Waals surface area (Å²) in [5.74, 6) is -0.692. The Bertz CT molecular complexity index is 1610. The highest BCUT2D eigenvalue weighted by molar-refractivity contribution is 7.81. The van der Waals surface area contributed by atoms with Crippen LogP contribution in [0.1, 0.15) is 117 Å². The van der Waals surface area contributed by atoms with Gasteiger partial charge in [0.25, 0.3) is 0 Å². The number of carbonyl (C=O) groups excluding carboxylic acids is 3. The van der Waals surface area contributed by atoms with E-state index in [1.807, 2.05) is 0 Å². The van der Waals surface area contributed by atoms with Crippen LogP contribution in [-0.4, -0.2) is 157 Å². The molecular weight excluding hydrogens is 882 g/mol. The zero-order valence-electron chi connectivity index (χ0n) is 38.7. The number of halogens is 1. The van der Waals surface area contributed by atoms with E-state index < -0.39 is 20.8 Å². The van der Waals surface area contributed by atoms with Gasteiger partial charge in [-0.25, -0.2) is 31.2 Å². The first-order valence-electron chi connectivity index (χ1n) is 22.0. The normalized spacial score (nSPS) is 28.3. The summed E-state index contributed by atoms with van der Waals surface area (Å²) in [5, 5.41) is 0. The van der Waals surface area contributed by atoms with Crippen molar-refractivity contribution in [3.05, 3.63) is 36.5 Å². The van der Waals surface area contributed by atoms with Crippen LogP contribution in [0.4, 0.5) is 0 Å². The van der Waals surface area contributed by atoms with Crippen LogP contribution in [0.5, 0.6) is 0 Å². The number of quaternary nitrogens is 3. The van der Waals surface area contributed by atoms with E-state index in [9.17, 15) is 40.3 Å². The van der Waals surface area contributed by atoms with Gasteiger partial charge in [-0.3, -0.25) is 8.37 Å². The van der Waals surface area contributed by atoms with Gasteiger partial charge in [0, 0.05) is 16.7 Å². The third-order valence-corrected chi connectivity index (χ3v) is 13.6. The maximum absolute atomic E-state index is 11.4. The SMILES string of the molecule is C=C(C)C(=O)OC1C[N+](C)(C2CCCCC2)C1.C=C(C)C(=O)OC1C[N+](C)(C2CCCCC2)C1.C=C(C)C(=O)OC1C[NH+](C2CCCCC2)C1.COS(=O)(=O)[O-].COS(=O)(=O)[O-].[Cl-]. The molecule has 0 spiro atoms. The van der Waals surface area contributed by atoms with E-state index >= 15 is 0 Å². The Morgan fingerprint density at radius 3 is 1.03 bits per heavy atom. The molecule has 0 aromatic heterocycles. The van der Waals surface area contributed by atoms with Crippen LogP contribution < -0.4 is 17.3 Å². The Labute approximate surface area is 384 Å². The van der Waals surface area contributed by atoms with Gasteiger partial charge in [-0.15, -0.1) is 0 Å². The summed E-state index contributed by atoms with van der Waals surface area (Å²) >= 11 is 0. The lowest BCUT2D eigenvalue weighted by Crippen LogP contribution is -3.24. The van der Waals surface area contributed by atoms with Gasteiger partial charge in [-0.1, -0.05) is 39.0 Å². The number of hydrogen-bond acceptors (Lipinski definition) is 14. The third-order valence-electron chi connectivity index (χ3n) is 12.8. The smallest absolute Gasteiger partial charge is 0.333 e. The predicted octanol–water partition coefficient (Wildman–Crippen LogP) is 0.430. The molecule has 63 heavy (non-hydrogen) atoms. The van der Waals surface area contributed by atoms with E-state index in [0.29, 0.717) is 16.7 Å². The fourth-order valence-electron chi connectivity index (χ4n) is 9.12. The molecule has 0 atom stereocenters. The number of nitrogens with one attached hydrogen (secondary N) is 1. The first-order chi connectivity index (χ1) is 28.8. The number of likely N-dealkylation sites (tertiary alicyclic amines) is 3. The van der Waals surface area contributed by atoms with Crippen molar-refractivity contribution in [3.8, 4) is 0 Å². The molecule has 0 radical (unpaired) electrons. The first kappa shape index (κ1) is 58.6. The quantitative estimate of drug-likeness (QED) is 0.0743. The Balaban J connectivity index is 0.000000416. The van der Waals surface area contributed by atoms with Crippen molar-refractivity contribution in [2.75, 3.05) is 67.6 Å². The molecule has 3 aliphatic heterocycles. The summed E-state index contributed by atoms with van der Waals surface area (Å²) in [6.45, 7) is 21.9. The standard InChI is InChI=1S/2C14H24NO2.C13H21NO2.2CH4O4S.ClH/c2*1-11(2)14(16)17-13-9-15(3,10-13)12-7-5-4-6-8-12;1-10(2)13(15)16-12-8-14(9-12)11-6-4-3-5-7-11;2*1-5-6(2,3)4;/h2*12-13H,1,4-10H2,2-3H3;11-12H,1,3-9H2,2H3;2*1H3,(H,2,3,4);1H/q2*+1;;;;/p-2. The van der Waals surface area contributed by atoms with Crippen molar-refractivity contribution in [1.82, 2.24) is 0 Å². The summed E-state index contributed by atoms with van der Waals surface area (Å²) in [4.78, 5) is 35.7. The maximum atomic E-state index is 11.4. The van der Waals surface area contributed by atoms with Crippen molar-refractivity contribution >= 4 is 38.7 Å². The molecule has 0 amide bonds. The molecule has 0 aromatic carbocycles. The molecule has 17 nitrogen and oxygen atoms in total. The van der Waals surface area contributed by atoms with E-state index in [4.69, 9.17) is 14.2 Å². The molecule has 3 saturated heterocycles. The van der Waals surface area contributed by atoms with E-state index in [1.54, 1.807) is 25.7 Å². The summed E-state index contributed by atoms with van der Waals surface area (Å²) in [6.07, 6.45) is 20.9. The highest BCUT2D eigenvalue weighted by atomic mass is 35.5. The molecule has 6 rings (SSSR count). The van der Waals surface area contributed by atoms with Crippen LogP contribution in [-0.2, 0) is 57.8 Å². The molecule has 20 heteroatoms. The highest BCUT2D eigenvalue weighted by Crippen LogP contribution is 2.34. The Morgan fingerprint density at radius 2 is 0.778 bits per heavy atom. The summed E-state index contributed by atoms with van der Waals surface area (Å²) in [7, 11) is -2.60. The molecule has 6 fully saturated rings. The third kappa shape index (κ3) is 21.6. The van der Waals surface area contributed by atoms with Gasteiger partial charge < -0.3 is 49.6 Å². The van der Waals surface area contributed by atoms with Gasteiger partial charge in [0.1, 0.15) is 39.3 Å². The fraction of sp³-hybridized carbons (Fsp3) is 0.791. The van der Waals surface area contributed by atoms with Crippen molar-refractivity contribution in [3.63, 3.8) is 0 Å². The van der Waals surface area contributed by atoms with E-state index in [0.717, 1.165) is 80.6 Å². The Hall–Kier alpha value is -2.46. The van der Waals surface area contributed by atoms with Crippen LogP contribution in [0.3, 0.4) is 0 Å². The first-order valence-corrected chi connectivity index (χ1v) is 24.6. The lowest BCUT2D eigenvalue weighted by molar-refractivity contribution is -0.977. The topological polar surface area (TPSA) is 216 Å². The van der Waals surface area contributed by atoms with Crippen LogP contribution in [0.15, 0.2) is 36.5 Å². The number of hydrogen-bond donors (Lipinski definition) is 1. The fourth-order valence-corrected chi connectivity index (χ4v) is 9.12. The van der Waals surface area contributed by atoms with Gasteiger partial charge >= 0.3 is 17.9 Å². The molecule has 0 unspecified atom stereocenters. The zero-order chi connectivity index (χ0) is 46.9. The monoisotopic (exact) mass is 957 g/mol. The molecule has 6 aliphatic rings. The van der Waals surface area contributed by atoms with Gasteiger partial charge in [0.15, 0.2) is 18.3 Å². The minimum atomic E-state index is -4.41. The molecular formula is C43H76ClN3O14S2. The average Bonchev–Trinajstić information content (AvgIpc) is 3.19. The second-order valence-corrected chi connectivity index (χ2v) is 20.5. The number of rotatable bonds is 11. The van der Waals surface area contributed by atoms with E-state index in [2.05, 4.69) is 42.2 Å². The van der Waals surface area contributed by atoms with Crippen LogP contribution in [0, 0.1) is 0 Å². The number of nitrogens with zero attached hydrogens (tertiary/aromatic N) is 2. The van der Waals surface area contributed by atoms with E-state index in [-0.39, 0.29) is 48.6 Å². The highest BCUT2D eigenvalue weighted by Gasteiger charge is 2.49. The second-order valence-electron chi connectivity index (χ2n) is 18.2. The van der Waals surface area contributed by atoms with Gasteiger partial charge in [-0.2, -0.15) is 0 Å². The van der Waals surface area contributed by atoms with Gasteiger partial charge in [0.05, 0.1) is 46.4 Å². The Kier molecular flexibility index (Phi) is 25.3. The largest absolute Gasteiger partial charge is 1.00 e. The predicted molar refractivity (Wildman–Crippen MR) is 231 cm³/mol. The van der Waals surface area contributed by atoms with Crippen LogP contribution in [0.25, 0.3) is 0 Å². The molecule has 3 aliphatic carbocycles. The Morgan fingerprint density at radius 1 is 0.524 bits per heavy atom. The minimum Gasteiger partial charge on any atom is -1.00 e. The van der Waals surface area contributed by atoms with Crippen molar-refractivity contribution in [2.24, 2.45) is 0 Å². The lowest BCUT2D eigenvalue weighted by atomic mass is 9.89. The van der Waals surface area contributed by atoms with Gasteiger partial charge in [-0.05, 0) is 97.8 Å². The lowest BCUT2D eigenvalue weighted by Gasteiger charge is -2.52. The molecule has 0 bridgehead atoms. The summed E-state index contributed by atoms with van der Waals surface area (Å²) in [6, 6.07) is 2.42. The van der Waals surface area contributed by atoms with Crippen molar-refractivity contribution < 1.29 is 89.2 Å². The number of carbonyl (C=O) groups is 3. The van der Waals surface area contributed by atoms with Crippen LogP contribution in [0.2, 0.25) is 0 Å². The second kappa shape index (κ2) is 27.2.